The number of carbonyl (C=O) groups excluding carboxylic acids is 2. The van der Waals surface area contributed by atoms with E-state index in [1.54, 1.807) is 30.0 Å². The van der Waals surface area contributed by atoms with Crippen LogP contribution >= 0.6 is 0 Å². The van der Waals surface area contributed by atoms with Crippen molar-refractivity contribution in [3.8, 4) is 0 Å². The van der Waals surface area contributed by atoms with E-state index in [4.69, 9.17) is 4.74 Å². The van der Waals surface area contributed by atoms with Crippen molar-refractivity contribution in [3.63, 3.8) is 0 Å². The number of carbonyl (C=O) groups is 2. The fourth-order valence-electron chi connectivity index (χ4n) is 4.06. The van der Waals surface area contributed by atoms with Gasteiger partial charge in [0, 0.05) is 50.8 Å². The lowest BCUT2D eigenvalue weighted by atomic mass is 10.1. The summed E-state index contributed by atoms with van der Waals surface area (Å²) in [5.41, 5.74) is 1.54. The topological polar surface area (TPSA) is 88.0 Å². The van der Waals surface area contributed by atoms with Gasteiger partial charge in [-0.1, -0.05) is 12.1 Å². The number of ether oxygens (including phenoxy) is 1. The van der Waals surface area contributed by atoms with Gasteiger partial charge in [0.25, 0.3) is 5.56 Å². The van der Waals surface area contributed by atoms with E-state index in [-0.39, 0.29) is 30.4 Å². The highest BCUT2D eigenvalue weighted by atomic mass is 19.1. The second-order valence-electron chi connectivity index (χ2n) is 7.80. The van der Waals surface area contributed by atoms with E-state index in [2.05, 4.69) is 5.10 Å². The minimum Gasteiger partial charge on any atom is -0.450 e. The average molecular weight is 443 g/mol. The lowest BCUT2D eigenvalue weighted by molar-refractivity contribution is -0.132. The maximum Gasteiger partial charge on any atom is 0.410 e. The van der Waals surface area contributed by atoms with Crippen LogP contribution in [0, 0.1) is 5.82 Å². The SMILES string of the molecule is CCOC(=O)N1CCc2nn(CC(=O)N3CCN(c4ccccc4F)CC3)c(=O)cc2C1. The van der Waals surface area contributed by atoms with Crippen molar-refractivity contribution in [3.05, 3.63) is 57.8 Å². The summed E-state index contributed by atoms with van der Waals surface area (Å²) in [5.74, 6) is -0.477. The molecule has 2 aliphatic rings. The van der Waals surface area contributed by atoms with E-state index in [0.717, 1.165) is 0 Å². The molecule has 2 amide bonds. The predicted octanol–water partition coefficient (Wildman–Crippen LogP) is 1.25. The molecular formula is C22H26FN5O4. The number of nitrogens with zero attached hydrogens (tertiary/aromatic N) is 5. The van der Waals surface area contributed by atoms with Gasteiger partial charge in [-0.25, -0.2) is 13.9 Å². The molecule has 0 radical (unpaired) electrons. The Hall–Kier alpha value is -3.43. The van der Waals surface area contributed by atoms with Gasteiger partial charge in [-0.3, -0.25) is 9.59 Å². The van der Waals surface area contributed by atoms with Crippen LogP contribution in [0.25, 0.3) is 0 Å². The fraction of sp³-hybridized carbons (Fsp3) is 0.455. The molecule has 2 aromatic rings. The molecule has 2 aliphatic heterocycles. The first kappa shape index (κ1) is 21.8. The number of halogens is 1. The van der Waals surface area contributed by atoms with Crippen LogP contribution in [0.5, 0.6) is 0 Å². The molecule has 0 unspecified atom stereocenters. The maximum absolute atomic E-state index is 14.0. The Morgan fingerprint density at radius 2 is 1.84 bits per heavy atom. The highest BCUT2D eigenvalue weighted by Crippen LogP contribution is 2.20. The zero-order valence-corrected chi connectivity index (χ0v) is 18.0. The number of anilines is 1. The van der Waals surface area contributed by atoms with Crippen molar-refractivity contribution in [1.82, 2.24) is 19.6 Å². The van der Waals surface area contributed by atoms with Crippen molar-refractivity contribution in [2.75, 3.05) is 44.2 Å². The highest BCUT2D eigenvalue weighted by Gasteiger charge is 2.26. The summed E-state index contributed by atoms with van der Waals surface area (Å²) in [6, 6.07) is 8.03. The van der Waals surface area contributed by atoms with Crippen LogP contribution in [-0.4, -0.2) is 70.9 Å². The van der Waals surface area contributed by atoms with Gasteiger partial charge in [0.05, 0.1) is 24.5 Å². The minimum absolute atomic E-state index is 0.145. The zero-order chi connectivity index (χ0) is 22.7. The normalized spacial score (nSPS) is 16.0. The maximum atomic E-state index is 14.0. The van der Waals surface area contributed by atoms with Gasteiger partial charge in [-0.15, -0.1) is 0 Å². The molecule has 0 aliphatic carbocycles. The second-order valence-corrected chi connectivity index (χ2v) is 7.80. The fourth-order valence-corrected chi connectivity index (χ4v) is 4.06. The van der Waals surface area contributed by atoms with E-state index >= 15 is 0 Å². The number of amides is 2. The lowest BCUT2D eigenvalue weighted by Gasteiger charge is -2.36. The van der Waals surface area contributed by atoms with Crippen molar-refractivity contribution < 1.29 is 18.7 Å². The summed E-state index contributed by atoms with van der Waals surface area (Å²) in [5, 5.41) is 4.38. The molecule has 0 N–H and O–H groups in total. The Bertz CT molecular complexity index is 1060. The molecule has 0 saturated carbocycles. The summed E-state index contributed by atoms with van der Waals surface area (Å²) in [6.45, 7) is 4.53. The van der Waals surface area contributed by atoms with Gasteiger partial charge in [0.1, 0.15) is 12.4 Å². The van der Waals surface area contributed by atoms with E-state index in [9.17, 15) is 18.8 Å². The third-order valence-electron chi connectivity index (χ3n) is 5.78. The number of fused-ring (bicyclic) bond motifs is 1. The third-order valence-corrected chi connectivity index (χ3v) is 5.78. The van der Waals surface area contributed by atoms with Crippen molar-refractivity contribution in [2.24, 2.45) is 0 Å². The summed E-state index contributed by atoms with van der Waals surface area (Å²) in [7, 11) is 0. The zero-order valence-electron chi connectivity index (χ0n) is 18.0. The number of rotatable bonds is 4. The smallest absolute Gasteiger partial charge is 0.410 e. The number of hydrogen-bond acceptors (Lipinski definition) is 6. The first-order valence-corrected chi connectivity index (χ1v) is 10.7. The number of para-hydroxylation sites is 1. The van der Waals surface area contributed by atoms with Crippen molar-refractivity contribution >= 4 is 17.7 Å². The molecule has 4 rings (SSSR count). The molecule has 1 fully saturated rings. The van der Waals surface area contributed by atoms with Crippen LogP contribution in [0.1, 0.15) is 18.2 Å². The van der Waals surface area contributed by atoms with Gasteiger partial charge in [0.2, 0.25) is 5.91 Å². The Labute approximate surface area is 185 Å². The van der Waals surface area contributed by atoms with Crippen LogP contribution in [0.3, 0.4) is 0 Å². The highest BCUT2D eigenvalue weighted by molar-refractivity contribution is 5.76. The van der Waals surface area contributed by atoms with Gasteiger partial charge < -0.3 is 19.4 Å². The van der Waals surface area contributed by atoms with Crippen molar-refractivity contribution in [1.29, 1.82) is 0 Å². The van der Waals surface area contributed by atoms with Crippen LogP contribution < -0.4 is 10.5 Å². The average Bonchev–Trinajstić information content (AvgIpc) is 2.80. The van der Waals surface area contributed by atoms with Gasteiger partial charge in [-0.05, 0) is 19.1 Å². The monoisotopic (exact) mass is 443 g/mol. The number of aromatic nitrogens is 2. The number of piperazine rings is 1. The first-order valence-electron chi connectivity index (χ1n) is 10.7. The van der Waals surface area contributed by atoms with Gasteiger partial charge >= 0.3 is 6.09 Å². The van der Waals surface area contributed by atoms with Crippen LogP contribution in [0.4, 0.5) is 14.9 Å². The van der Waals surface area contributed by atoms with Gasteiger partial charge in [0.15, 0.2) is 0 Å². The van der Waals surface area contributed by atoms with E-state index in [0.29, 0.717) is 62.7 Å². The quantitative estimate of drug-likeness (QED) is 0.707. The molecule has 10 heteroatoms. The molecule has 1 aromatic heterocycles. The molecule has 1 saturated heterocycles. The van der Waals surface area contributed by atoms with E-state index < -0.39 is 6.09 Å². The van der Waals surface area contributed by atoms with Crippen LogP contribution in [0.2, 0.25) is 0 Å². The molecular weight excluding hydrogens is 417 g/mol. The standard InChI is InChI=1S/C22H26FN5O4/c1-2-32-22(31)27-8-7-18-16(14-27)13-20(29)28(24-18)15-21(30)26-11-9-25(10-12-26)19-6-4-3-5-17(19)23/h3-6,13H,2,7-12,14-15H2,1H3. The van der Waals surface area contributed by atoms with Crippen LogP contribution in [0.15, 0.2) is 35.1 Å². The third kappa shape index (κ3) is 4.58. The summed E-state index contributed by atoms with van der Waals surface area (Å²) in [4.78, 5) is 42.4. The minimum atomic E-state index is -0.410. The molecule has 170 valence electrons. The predicted molar refractivity (Wildman–Crippen MR) is 115 cm³/mol. The molecule has 1 aromatic carbocycles. The molecule has 0 bridgehead atoms. The molecule has 3 heterocycles. The summed E-state index contributed by atoms with van der Waals surface area (Å²) in [6.07, 6.45) is 0.0799. The first-order chi connectivity index (χ1) is 15.5. The summed E-state index contributed by atoms with van der Waals surface area (Å²) >= 11 is 0. The Balaban J connectivity index is 1.38. The Morgan fingerprint density at radius 1 is 1.09 bits per heavy atom. The van der Waals surface area contributed by atoms with E-state index in [1.807, 2.05) is 4.90 Å². The number of benzene rings is 1. The van der Waals surface area contributed by atoms with Gasteiger partial charge in [-0.2, -0.15) is 5.10 Å². The Kier molecular flexibility index (Phi) is 6.38. The van der Waals surface area contributed by atoms with Crippen LogP contribution in [-0.2, 0) is 29.0 Å². The second kappa shape index (κ2) is 9.37. The number of hydrogen-bond donors (Lipinski definition) is 0. The van der Waals surface area contributed by atoms with E-state index in [1.165, 1.54) is 21.7 Å². The largest absolute Gasteiger partial charge is 0.450 e. The molecule has 32 heavy (non-hydrogen) atoms. The molecule has 0 atom stereocenters. The molecule has 9 nitrogen and oxygen atoms in total. The molecule has 0 spiro atoms. The summed E-state index contributed by atoms with van der Waals surface area (Å²) < 4.78 is 20.2. The lowest BCUT2D eigenvalue weighted by Crippen LogP contribution is -2.50. The Morgan fingerprint density at radius 3 is 2.56 bits per heavy atom. The van der Waals surface area contributed by atoms with Crippen molar-refractivity contribution in [2.45, 2.75) is 26.4 Å².